The third-order valence-corrected chi connectivity index (χ3v) is 13.1. The maximum atomic E-state index is 13.0. The van der Waals surface area contributed by atoms with Crippen molar-refractivity contribution in [2.45, 2.75) is 287 Å². The van der Waals surface area contributed by atoms with E-state index in [4.69, 9.17) is 28.4 Å². The average Bonchev–Trinajstić information content (AvgIpc) is 3.31. The molecule has 2 saturated heterocycles. The molecule has 0 radical (unpaired) electrons. The second kappa shape index (κ2) is 39.2. The van der Waals surface area contributed by atoms with Crippen molar-refractivity contribution in [2.75, 3.05) is 26.4 Å². The molecule has 390 valence electrons. The molecule has 0 aromatic rings. The molecule has 2 aliphatic rings. The number of aliphatic hydroxyl groups is 7. The van der Waals surface area contributed by atoms with Crippen LogP contribution in [0.3, 0.4) is 0 Å². The van der Waals surface area contributed by atoms with Gasteiger partial charge >= 0.3 is 11.9 Å². The minimum absolute atomic E-state index is 0.173. The number of hydrogen-bond acceptors (Lipinski definition) is 15. The zero-order chi connectivity index (χ0) is 48.2. The van der Waals surface area contributed by atoms with Crippen molar-refractivity contribution in [3.8, 4) is 0 Å². The van der Waals surface area contributed by atoms with Crippen molar-refractivity contribution in [1.29, 1.82) is 0 Å². The van der Waals surface area contributed by atoms with Crippen molar-refractivity contribution in [1.82, 2.24) is 0 Å². The molecule has 66 heavy (non-hydrogen) atoms. The molecule has 0 aliphatic carbocycles. The van der Waals surface area contributed by atoms with Crippen molar-refractivity contribution in [2.24, 2.45) is 0 Å². The second-order valence-corrected chi connectivity index (χ2v) is 19.1. The maximum absolute atomic E-state index is 13.0. The summed E-state index contributed by atoms with van der Waals surface area (Å²) in [6, 6.07) is 0. The maximum Gasteiger partial charge on any atom is 0.306 e. The minimum Gasteiger partial charge on any atom is -0.462 e. The van der Waals surface area contributed by atoms with Gasteiger partial charge in [-0.15, -0.1) is 0 Å². The van der Waals surface area contributed by atoms with Crippen LogP contribution in [0.2, 0.25) is 0 Å². The lowest BCUT2D eigenvalue weighted by Crippen LogP contribution is -2.61. The van der Waals surface area contributed by atoms with Gasteiger partial charge in [-0.2, -0.15) is 0 Å². The van der Waals surface area contributed by atoms with Crippen LogP contribution in [0, 0.1) is 0 Å². The Morgan fingerprint density at radius 1 is 0.424 bits per heavy atom. The predicted octanol–water partition coefficient (Wildman–Crippen LogP) is 7.61. The van der Waals surface area contributed by atoms with E-state index in [1.165, 1.54) is 141 Å². The van der Waals surface area contributed by atoms with E-state index >= 15 is 0 Å². The van der Waals surface area contributed by atoms with Crippen LogP contribution in [-0.4, -0.2) is 142 Å². The van der Waals surface area contributed by atoms with Crippen molar-refractivity contribution < 1.29 is 73.8 Å². The third-order valence-electron chi connectivity index (χ3n) is 13.1. The summed E-state index contributed by atoms with van der Waals surface area (Å²) in [7, 11) is 0. The van der Waals surface area contributed by atoms with Gasteiger partial charge in [0.15, 0.2) is 18.7 Å². The molecule has 15 nitrogen and oxygen atoms in total. The van der Waals surface area contributed by atoms with Gasteiger partial charge in [0.05, 0.1) is 19.8 Å². The van der Waals surface area contributed by atoms with Crippen molar-refractivity contribution in [3.63, 3.8) is 0 Å². The number of carbonyl (C=O) groups is 2. The summed E-state index contributed by atoms with van der Waals surface area (Å²) < 4.78 is 33.5. The Morgan fingerprint density at radius 2 is 0.773 bits per heavy atom. The Balaban J connectivity index is 1.74. The molecule has 0 bridgehead atoms. The second-order valence-electron chi connectivity index (χ2n) is 19.1. The van der Waals surface area contributed by atoms with Crippen LogP contribution in [0.1, 0.15) is 219 Å². The van der Waals surface area contributed by atoms with Crippen LogP contribution in [0.15, 0.2) is 0 Å². The topological polar surface area (TPSA) is 231 Å². The zero-order valence-corrected chi connectivity index (χ0v) is 41.2. The lowest BCUT2D eigenvalue weighted by molar-refractivity contribution is -0.332. The first-order valence-electron chi connectivity index (χ1n) is 26.6. The van der Waals surface area contributed by atoms with Crippen molar-refractivity contribution >= 4 is 11.9 Å². The number of hydrogen-bond donors (Lipinski definition) is 7. The molecule has 11 atom stereocenters. The summed E-state index contributed by atoms with van der Waals surface area (Å²) in [5, 5.41) is 72.0. The van der Waals surface area contributed by atoms with Crippen LogP contribution in [0.25, 0.3) is 0 Å². The molecule has 11 unspecified atom stereocenters. The molecular formula is C51H96O15. The van der Waals surface area contributed by atoms with Gasteiger partial charge in [-0.25, -0.2) is 0 Å². The number of esters is 2. The lowest BCUT2D eigenvalue weighted by atomic mass is 9.98. The third kappa shape index (κ3) is 27.0. The fraction of sp³-hybridized carbons (Fsp3) is 0.961. The Hall–Kier alpha value is -1.50. The molecule has 0 aromatic carbocycles. The zero-order valence-electron chi connectivity index (χ0n) is 41.2. The standard InChI is InChI=1S/C51H96O15/c1-3-5-7-9-11-13-14-15-16-17-18-19-20-21-22-23-24-26-28-30-32-34-43(54)64-39(36-61-42(53)33-31-29-27-25-12-10-8-6-4-2)37-62-50-49(60)47(58)45(56)41(66-50)38-63-51-48(59)46(57)44(55)40(35-52)65-51/h39-41,44-52,55-60H,3-38H2,1-2H3. The lowest BCUT2D eigenvalue weighted by Gasteiger charge is -2.42. The van der Waals surface area contributed by atoms with Gasteiger partial charge in [0.2, 0.25) is 0 Å². The smallest absolute Gasteiger partial charge is 0.306 e. The molecule has 2 fully saturated rings. The summed E-state index contributed by atoms with van der Waals surface area (Å²) in [6.45, 7) is 2.60. The van der Waals surface area contributed by atoms with E-state index in [9.17, 15) is 45.3 Å². The Labute approximate surface area is 398 Å². The molecule has 0 spiro atoms. The molecule has 0 saturated carbocycles. The van der Waals surface area contributed by atoms with E-state index in [1.807, 2.05) is 0 Å². The number of ether oxygens (including phenoxy) is 6. The fourth-order valence-corrected chi connectivity index (χ4v) is 8.69. The van der Waals surface area contributed by atoms with Gasteiger partial charge in [-0.05, 0) is 12.8 Å². The molecular weight excluding hydrogens is 853 g/mol. The highest BCUT2D eigenvalue weighted by Gasteiger charge is 2.47. The molecule has 15 heteroatoms. The van der Waals surface area contributed by atoms with E-state index in [2.05, 4.69) is 13.8 Å². The first kappa shape index (κ1) is 60.6. The highest BCUT2D eigenvalue weighted by Crippen LogP contribution is 2.27. The molecule has 2 rings (SSSR count). The van der Waals surface area contributed by atoms with Gasteiger partial charge in [-0.3, -0.25) is 9.59 Å². The largest absolute Gasteiger partial charge is 0.462 e. The number of rotatable bonds is 42. The summed E-state index contributed by atoms with van der Waals surface area (Å²) >= 11 is 0. The summed E-state index contributed by atoms with van der Waals surface area (Å²) in [5.41, 5.74) is 0. The van der Waals surface area contributed by atoms with Gasteiger partial charge in [0.25, 0.3) is 0 Å². The van der Waals surface area contributed by atoms with Gasteiger partial charge in [0.1, 0.15) is 55.4 Å². The summed E-state index contributed by atoms with van der Waals surface area (Å²) in [5.74, 6) is -0.913. The first-order valence-corrected chi connectivity index (χ1v) is 26.6. The average molecular weight is 949 g/mol. The quantitative estimate of drug-likeness (QED) is 0.0231. The van der Waals surface area contributed by atoms with Gasteiger partial charge in [-0.1, -0.05) is 194 Å². The predicted molar refractivity (Wildman–Crippen MR) is 252 cm³/mol. The van der Waals surface area contributed by atoms with Crippen LogP contribution in [0.5, 0.6) is 0 Å². The van der Waals surface area contributed by atoms with Gasteiger partial charge < -0.3 is 64.2 Å². The number of unbranched alkanes of at least 4 members (excludes halogenated alkanes) is 28. The van der Waals surface area contributed by atoms with Crippen LogP contribution in [-0.2, 0) is 38.0 Å². The summed E-state index contributed by atoms with van der Waals surface area (Å²) in [4.78, 5) is 25.7. The number of aliphatic hydroxyl groups excluding tert-OH is 7. The SMILES string of the molecule is CCCCCCCCCCCCCCCCCCCCCCCC(=O)OC(COC(=O)CCCCCCCCCCC)COC1OC(COC2OC(CO)C(O)C(O)C2O)C(O)C(O)C1O. The highest BCUT2D eigenvalue weighted by atomic mass is 16.7. The van der Waals surface area contributed by atoms with E-state index in [-0.39, 0.29) is 26.1 Å². The van der Waals surface area contributed by atoms with E-state index in [1.54, 1.807) is 0 Å². The fourth-order valence-electron chi connectivity index (χ4n) is 8.69. The Kier molecular flexibility index (Phi) is 36.0. The van der Waals surface area contributed by atoms with E-state index in [0.717, 1.165) is 38.5 Å². The van der Waals surface area contributed by atoms with Crippen LogP contribution in [0.4, 0.5) is 0 Å². The Morgan fingerprint density at radius 3 is 1.18 bits per heavy atom. The first-order chi connectivity index (χ1) is 32.0. The molecule has 2 aliphatic heterocycles. The molecule has 0 aromatic heterocycles. The summed E-state index contributed by atoms with van der Waals surface area (Å²) in [6.07, 6.45) is 20.1. The van der Waals surface area contributed by atoms with E-state index in [0.29, 0.717) is 12.8 Å². The monoisotopic (exact) mass is 949 g/mol. The molecule has 0 amide bonds. The van der Waals surface area contributed by atoms with Crippen LogP contribution < -0.4 is 0 Å². The Bertz CT molecular complexity index is 1160. The molecule has 2 heterocycles. The van der Waals surface area contributed by atoms with Gasteiger partial charge in [0, 0.05) is 12.8 Å². The van der Waals surface area contributed by atoms with E-state index < -0.39 is 92.7 Å². The van der Waals surface area contributed by atoms with Crippen molar-refractivity contribution in [3.05, 3.63) is 0 Å². The normalized spacial score (nSPS) is 26.1. The highest BCUT2D eigenvalue weighted by molar-refractivity contribution is 5.70. The number of carbonyl (C=O) groups excluding carboxylic acids is 2. The molecule has 7 N–H and O–H groups in total. The van der Waals surface area contributed by atoms with Crippen LogP contribution >= 0.6 is 0 Å². The minimum atomic E-state index is -1.76.